The van der Waals surface area contributed by atoms with E-state index < -0.39 is 0 Å². The number of hydrogen-bond acceptors (Lipinski definition) is 5. The Morgan fingerprint density at radius 2 is 2.08 bits per heavy atom. The summed E-state index contributed by atoms with van der Waals surface area (Å²) >= 11 is 3.47. The summed E-state index contributed by atoms with van der Waals surface area (Å²) in [5.41, 5.74) is 2.31. The number of carbonyl (C=O) groups is 1. The fraction of sp³-hybridized carbons (Fsp3) is 0.222. The maximum atomic E-state index is 11.8. The van der Waals surface area contributed by atoms with Crippen molar-refractivity contribution in [1.82, 2.24) is 9.38 Å². The van der Waals surface area contributed by atoms with E-state index in [2.05, 4.69) is 21.2 Å². The van der Waals surface area contributed by atoms with Crippen LogP contribution >= 0.6 is 15.9 Å². The van der Waals surface area contributed by atoms with Gasteiger partial charge in [0.25, 0.3) is 0 Å². The number of rotatable bonds is 6. The van der Waals surface area contributed by atoms with Crippen molar-refractivity contribution in [2.45, 2.75) is 6.92 Å². The van der Waals surface area contributed by atoms with Crippen molar-refractivity contribution in [2.24, 2.45) is 0 Å². The molecule has 2 heterocycles. The van der Waals surface area contributed by atoms with Gasteiger partial charge in [-0.3, -0.25) is 9.20 Å². The quantitative estimate of drug-likeness (QED) is 0.634. The monoisotopic (exact) mass is 403 g/mol. The lowest BCUT2D eigenvalue weighted by Crippen LogP contribution is -2.18. The first-order valence-electron chi connectivity index (χ1n) is 7.84. The average molecular weight is 404 g/mol. The van der Waals surface area contributed by atoms with Crippen LogP contribution in [-0.2, 0) is 9.53 Å². The molecule has 0 fully saturated rings. The Hall–Kier alpha value is -2.54. The van der Waals surface area contributed by atoms with Gasteiger partial charge in [-0.1, -0.05) is 12.1 Å². The molecule has 3 aromatic rings. The van der Waals surface area contributed by atoms with E-state index in [4.69, 9.17) is 14.5 Å². The molecule has 0 aliphatic rings. The van der Waals surface area contributed by atoms with E-state index >= 15 is 0 Å². The van der Waals surface area contributed by atoms with E-state index in [0.29, 0.717) is 23.9 Å². The predicted molar refractivity (Wildman–Crippen MR) is 100 cm³/mol. The second kappa shape index (κ2) is 7.57. The van der Waals surface area contributed by atoms with Gasteiger partial charge in [0.15, 0.2) is 0 Å². The molecule has 0 unspecified atom stereocenters. The highest BCUT2D eigenvalue weighted by atomic mass is 79.9. The normalized spacial score (nSPS) is 10.7. The summed E-state index contributed by atoms with van der Waals surface area (Å²) in [6.07, 6.45) is 1.90. The number of benzene rings is 1. The van der Waals surface area contributed by atoms with Crippen LogP contribution in [0.15, 0.2) is 47.1 Å². The predicted octanol–water partition coefficient (Wildman–Crippen LogP) is 3.75. The molecule has 2 aromatic heterocycles. The summed E-state index contributed by atoms with van der Waals surface area (Å²) in [4.78, 5) is 16.5. The molecule has 0 spiro atoms. The van der Waals surface area contributed by atoms with Crippen molar-refractivity contribution in [2.75, 3.05) is 25.6 Å². The maximum absolute atomic E-state index is 11.8. The number of anilines is 1. The minimum Gasteiger partial charge on any atom is -0.496 e. The minimum atomic E-state index is -0.321. The number of nitrogens with one attached hydrogen (secondary N) is 1. The van der Waals surface area contributed by atoms with Crippen LogP contribution in [0.5, 0.6) is 5.75 Å². The van der Waals surface area contributed by atoms with Crippen LogP contribution in [0.25, 0.3) is 16.9 Å². The number of aromatic nitrogens is 2. The second-order valence-electron chi connectivity index (χ2n) is 5.24. The van der Waals surface area contributed by atoms with Crippen molar-refractivity contribution in [1.29, 1.82) is 0 Å². The van der Waals surface area contributed by atoms with Gasteiger partial charge >= 0.3 is 5.97 Å². The lowest BCUT2D eigenvalue weighted by atomic mass is 10.1. The summed E-state index contributed by atoms with van der Waals surface area (Å²) in [6, 6.07) is 11.5. The van der Waals surface area contributed by atoms with Crippen molar-refractivity contribution >= 4 is 33.4 Å². The molecule has 7 heteroatoms. The number of ether oxygens (including phenoxy) is 2. The van der Waals surface area contributed by atoms with E-state index in [0.717, 1.165) is 15.7 Å². The number of carbonyl (C=O) groups excluding carboxylic acids is 1. The molecular formula is C18H18BrN3O3. The lowest BCUT2D eigenvalue weighted by Gasteiger charge is -2.10. The van der Waals surface area contributed by atoms with Gasteiger partial charge in [0, 0.05) is 16.2 Å². The summed E-state index contributed by atoms with van der Waals surface area (Å²) < 4.78 is 13.3. The standard InChI is InChI=1S/C18H18BrN3O3/c1-3-25-16(23)10-20-18-17(13-6-4-5-7-14(13)24-2)21-15-9-8-12(19)11-22(15)18/h4-9,11,20H,3,10H2,1-2H3. The van der Waals surface area contributed by atoms with Crippen molar-refractivity contribution < 1.29 is 14.3 Å². The molecule has 0 bridgehead atoms. The highest BCUT2D eigenvalue weighted by Crippen LogP contribution is 2.35. The molecule has 0 amide bonds. The summed E-state index contributed by atoms with van der Waals surface area (Å²) in [5, 5.41) is 3.15. The third kappa shape index (κ3) is 3.61. The fourth-order valence-electron chi connectivity index (χ4n) is 2.58. The van der Waals surface area contributed by atoms with Crippen LogP contribution < -0.4 is 10.1 Å². The summed E-state index contributed by atoms with van der Waals surface area (Å²) in [5.74, 6) is 1.09. The minimum absolute atomic E-state index is 0.0519. The first-order chi connectivity index (χ1) is 12.1. The number of halogens is 1. The Kier molecular flexibility index (Phi) is 5.23. The van der Waals surface area contributed by atoms with Gasteiger partial charge in [-0.25, -0.2) is 4.98 Å². The zero-order valence-electron chi connectivity index (χ0n) is 14.0. The van der Waals surface area contributed by atoms with E-state index in [1.165, 1.54) is 0 Å². The van der Waals surface area contributed by atoms with Gasteiger partial charge in [-0.15, -0.1) is 0 Å². The molecule has 0 radical (unpaired) electrons. The maximum Gasteiger partial charge on any atom is 0.325 e. The molecule has 0 atom stereocenters. The van der Waals surface area contributed by atoms with Crippen LogP contribution in [0.4, 0.5) is 5.82 Å². The van der Waals surface area contributed by atoms with E-state index in [1.54, 1.807) is 14.0 Å². The Balaban J connectivity index is 2.10. The second-order valence-corrected chi connectivity index (χ2v) is 6.16. The Morgan fingerprint density at radius 3 is 2.84 bits per heavy atom. The van der Waals surface area contributed by atoms with Crippen LogP contribution in [0.2, 0.25) is 0 Å². The zero-order valence-corrected chi connectivity index (χ0v) is 15.5. The Bertz CT molecular complexity index is 908. The number of esters is 1. The summed E-state index contributed by atoms with van der Waals surface area (Å²) in [7, 11) is 1.62. The zero-order chi connectivity index (χ0) is 17.8. The highest BCUT2D eigenvalue weighted by molar-refractivity contribution is 9.10. The van der Waals surface area contributed by atoms with Crippen LogP contribution in [0, 0.1) is 0 Å². The number of methoxy groups -OCH3 is 1. The summed E-state index contributed by atoms with van der Waals surface area (Å²) in [6.45, 7) is 2.18. The number of pyridine rings is 1. The molecule has 3 rings (SSSR count). The van der Waals surface area contributed by atoms with Crippen molar-refractivity contribution in [3.8, 4) is 17.0 Å². The smallest absolute Gasteiger partial charge is 0.325 e. The molecule has 0 saturated heterocycles. The molecule has 6 nitrogen and oxygen atoms in total. The third-order valence-corrected chi connectivity index (χ3v) is 4.12. The number of para-hydroxylation sites is 1. The van der Waals surface area contributed by atoms with Gasteiger partial charge in [0.1, 0.15) is 29.5 Å². The topological polar surface area (TPSA) is 64.9 Å². The Labute approximate surface area is 153 Å². The molecule has 130 valence electrons. The first-order valence-corrected chi connectivity index (χ1v) is 8.63. The number of nitrogens with zero attached hydrogens (tertiary/aromatic N) is 2. The highest BCUT2D eigenvalue weighted by Gasteiger charge is 2.18. The van der Waals surface area contributed by atoms with E-state index in [9.17, 15) is 4.79 Å². The van der Waals surface area contributed by atoms with Gasteiger partial charge in [0.05, 0.1) is 13.7 Å². The fourth-order valence-corrected chi connectivity index (χ4v) is 2.92. The van der Waals surface area contributed by atoms with Crippen molar-refractivity contribution in [3.05, 3.63) is 47.1 Å². The van der Waals surface area contributed by atoms with E-state index in [-0.39, 0.29) is 12.5 Å². The van der Waals surface area contributed by atoms with Crippen molar-refractivity contribution in [3.63, 3.8) is 0 Å². The van der Waals surface area contributed by atoms with Gasteiger partial charge < -0.3 is 14.8 Å². The van der Waals surface area contributed by atoms with Gasteiger partial charge in [0.2, 0.25) is 0 Å². The molecule has 25 heavy (non-hydrogen) atoms. The van der Waals surface area contributed by atoms with Crippen LogP contribution in [0.3, 0.4) is 0 Å². The largest absolute Gasteiger partial charge is 0.496 e. The number of hydrogen-bond donors (Lipinski definition) is 1. The molecule has 1 N–H and O–H groups in total. The Morgan fingerprint density at radius 1 is 1.28 bits per heavy atom. The lowest BCUT2D eigenvalue weighted by molar-refractivity contribution is -0.140. The molecule has 0 saturated carbocycles. The van der Waals surface area contributed by atoms with Gasteiger partial charge in [-0.2, -0.15) is 0 Å². The number of imidazole rings is 1. The number of fused-ring (bicyclic) bond motifs is 1. The SMILES string of the molecule is CCOC(=O)CNc1c(-c2ccccc2OC)nc2ccc(Br)cn12. The van der Waals surface area contributed by atoms with Gasteiger partial charge in [-0.05, 0) is 47.1 Å². The van der Waals surface area contributed by atoms with Crippen LogP contribution in [-0.4, -0.2) is 35.6 Å². The van der Waals surface area contributed by atoms with E-state index in [1.807, 2.05) is 47.0 Å². The molecular weight excluding hydrogens is 386 g/mol. The molecule has 0 aliphatic heterocycles. The average Bonchev–Trinajstić information content (AvgIpc) is 2.97. The molecule has 1 aromatic carbocycles. The third-order valence-electron chi connectivity index (χ3n) is 3.65. The molecule has 0 aliphatic carbocycles. The van der Waals surface area contributed by atoms with Crippen LogP contribution in [0.1, 0.15) is 6.92 Å². The first kappa shape index (κ1) is 17.3.